The third kappa shape index (κ3) is 2.33. The van der Waals surface area contributed by atoms with Crippen LogP contribution in [0.4, 0.5) is 14.5 Å². The summed E-state index contributed by atoms with van der Waals surface area (Å²) in [7, 11) is 1.66. The van der Waals surface area contributed by atoms with Gasteiger partial charge in [-0.05, 0) is 31.0 Å². The summed E-state index contributed by atoms with van der Waals surface area (Å²) in [5.41, 5.74) is 0.174. The normalized spacial score (nSPS) is 23.4. The van der Waals surface area contributed by atoms with Crippen molar-refractivity contribution >= 4 is 5.69 Å². The van der Waals surface area contributed by atoms with E-state index < -0.39 is 11.6 Å². The fourth-order valence-electron chi connectivity index (χ4n) is 2.44. The Balaban J connectivity index is 2.32. The Morgan fingerprint density at radius 3 is 2.44 bits per heavy atom. The first-order chi connectivity index (χ1) is 8.54. The van der Waals surface area contributed by atoms with Crippen LogP contribution < -0.4 is 4.90 Å². The molecule has 100 valence electrons. The molecule has 1 aromatic rings. The maximum Gasteiger partial charge on any atom is 0.149 e. The molecule has 0 bridgehead atoms. The van der Waals surface area contributed by atoms with Crippen LogP contribution in [0.25, 0.3) is 0 Å². The maximum atomic E-state index is 13.9. The Morgan fingerprint density at radius 2 is 2.00 bits per heavy atom. The Bertz CT molecular complexity index is 416. The van der Waals surface area contributed by atoms with Crippen molar-refractivity contribution in [3.8, 4) is 0 Å². The minimum absolute atomic E-state index is 0.0334. The predicted molar refractivity (Wildman–Crippen MR) is 64.5 cm³/mol. The molecular formula is C13H17F2NO2. The Kier molecular flexibility index (Phi) is 3.82. The van der Waals surface area contributed by atoms with Crippen molar-refractivity contribution in [1.29, 1.82) is 0 Å². The van der Waals surface area contributed by atoms with E-state index in [1.165, 1.54) is 0 Å². The second-order valence-corrected chi connectivity index (χ2v) is 4.61. The summed E-state index contributed by atoms with van der Waals surface area (Å²) in [6.07, 6.45) is 0.699. The Morgan fingerprint density at radius 1 is 1.39 bits per heavy atom. The number of halogens is 2. The quantitative estimate of drug-likeness (QED) is 0.899. The van der Waals surface area contributed by atoms with E-state index in [4.69, 9.17) is 9.84 Å². The number of anilines is 1. The van der Waals surface area contributed by atoms with Gasteiger partial charge in [0, 0.05) is 13.7 Å². The first-order valence-electron chi connectivity index (χ1n) is 5.97. The van der Waals surface area contributed by atoms with Crippen LogP contribution >= 0.6 is 0 Å². The van der Waals surface area contributed by atoms with Crippen LogP contribution in [-0.2, 0) is 11.3 Å². The number of rotatable bonds is 3. The number of nitrogens with zero attached hydrogens (tertiary/aromatic N) is 1. The maximum absolute atomic E-state index is 13.9. The molecule has 0 radical (unpaired) electrons. The smallest absolute Gasteiger partial charge is 0.149 e. The molecule has 2 unspecified atom stereocenters. The monoisotopic (exact) mass is 257 g/mol. The molecule has 1 saturated heterocycles. The number of hydrogen-bond acceptors (Lipinski definition) is 3. The van der Waals surface area contributed by atoms with Crippen molar-refractivity contribution in [3.05, 3.63) is 29.3 Å². The van der Waals surface area contributed by atoms with Crippen molar-refractivity contribution in [2.75, 3.05) is 18.6 Å². The second kappa shape index (κ2) is 5.20. The number of aliphatic hydroxyl groups is 1. The van der Waals surface area contributed by atoms with E-state index in [9.17, 15) is 8.78 Å². The minimum Gasteiger partial charge on any atom is -0.392 e. The number of benzene rings is 1. The molecule has 1 fully saturated rings. The first kappa shape index (κ1) is 13.2. The van der Waals surface area contributed by atoms with Gasteiger partial charge in [-0.15, -0.1) is 0 Å². The van der Waals surface area contributed by atoms with E-state index in [2.05, 4.69) is 0 Å². The highest BCUT2D eigenvalue weighted by Crippen LogP contribution is 2.29. The minimum atomic E-state index is -0.652. The van der Waals surface area contributed by atoms with Crippen LogP contribution in [0.5, 0.6) is 0 Å². The van der Waals surface area contributed by atoms with Gasteiger partial charge in [-0.25, -0.2) is 8.78 Å². The lowest BCUT2D eigenvalue weighted by atomic mass is 10.1. The number of likely N-dealkylation sites (N-methyl/N-ethyl adjacent to an activating group) is 1. The fourth-order valence-corrected chi connectivity index (χ4v) is 2.44. The van der Waals surface area contributed by atoms with Crippen LogP contribution in [0, 0.1) is 11.6 Å². The molecule has 1 heterocycles. The van der Waals surface area contributed by atoms with E-state index >= 15 is 0 Å². The summed E-state index contributed by atoms with van der Waals surface area (Å²) in [4.78, 5) is 1.59. The van der Waals surface area contributed by atoms with Crippen LogP contribution in [0.3, 0.4) is 0 Å². The second-order valence-electron chi connectivity index (χ2n) is 4.61. The van der Waals surface area contributed by atoms with Crippen molar-refractivity contribution in [1.82, 2.24) is 0 Å². The van der Waals surface area contributed by atoms with Gasteiger partial charge in [0.15, 0.2) is 0 Å². The van der Waals surface area contributed by atoms with E-state index in [1.807, 2.05) is 6.92 Å². The highest BCUT2D eigenvalue weighted by molar-refractivity contribution is 5.51. The zero-order valence-electron chi connectivity index (χ0n) is 10.5. The van der Waals surface area contributed by atoms with Gasteiger partial charge in [-0.1, -0.05) is 0 Å². The number of ether oxygens (including phenoxy) is 1. The molecule has 1 aliphatic heterocycles. The molecule has 0 aromatic heterocycles. The molecule has 0 amide bonds. The van der Waals surface area contributed by atoms with Gasteiger partial charge in [0.2, 0.25) is 0 Å². The highest BCUT2D eigenvalue weighted by Gasteiger charge is 2.30. The van der Waals surface area contributed by atoms with Crippen molar-refractivity contribution < 1.29 is 18.6 Å². The van der Waals surface area contributed by atoms with Gasteiger partial charge in [-0.2, -0.15) is 0 Å². The van der Waals surface area contributed by atoms with Crippen LogP contribution in [0.15, 0.2) is 12.1 Å². The van der Waals surface area contributed by atoms with Gasteiger partial charge in [0.25, 0.3) is 0 Å². The van der Waals surface area contributed by atoms with Crippen LogP contribution in [-0.4, -0.2) is 30.9 Å². The van der Waals surface area contributed by atoms with Crippen molar-refractivity contribution in [2.24, 2.45) is 0 Å². The average molecular weight is 257 g/mol. The lowest BCUT2D eigenvalue weighted by Crippen LogP contribution is -2.37. The zero-order chi connectivity index (χ0) is 13.3. The molecule has 5 heteroatoms. The third-order valence-electron chi connectivity index (χ3n) is 3.45. The van der Waals surface area contributed by atoms with E-state index in [0.717, 1.165) is 18.6 Å². The molecule has 1 aromatic carbocycles. The van der Waals surface area contributed by atoms with Gasteiger partial charge in [0.05, 0.1) is 18.8 Å². The fraction of sp³-hybridized carbons (Fsp3) is 0.538. The average Bonchev–Trinajstić information content (AvgIpc) is 2.74. The standard InChI is InChI=1S/C13H17F2NO2/c1-8-12(3-4-18-8)16(2)13-10(14)5-9(7-17)6-11(13)15/h5-6,8,12,17H,3-4,7H2,1-2H3. The summed E-state index contributed by atoms with van der Waals surface area (Å²) in [6, 6.07) is 2.29. The SMILES string of the molecule is CC1OCCC1N(C)c1c(F)cc(CO)cc1F. The Labute approximate surface area is 105 Å². The van der Waals surface area contributed by atoms with Gasteiger partial charge in [0.1, 0.15) is 17.3 Å². The summed E-state index contributed by atoms with van der Waals surface area (Å²) >= 11 is 0. The molecule has 0 aliphatic carbocycles. The molecule has 2 rings (SSSR count). The zero-order valence-corrected chi connectivity index (χ0v) is 10.5. The molecule has 0 spiro atoms. The lowest BCUT2D eigenvalue weighted by molar-refractivity contribution is 0.118. The third-order valence-corrected chi connectivity index (χ3v) is 3.45. The highest BCUT2D eigenvalue weighted by atomic mass is 19.1. The first-order valence-corrected chi connectivity index (χ1v) is 5.97. The molecule has 2 atom stereocenters. The molecule has 3 nitrogen and oxygen atoms in total. The summed E-state index contributed by atoms with van der Waals surface area (Å²) in [5.74, 6) is -1.30. The van der Waals surface area contributed by atoms with Crippen molar-refractivity contribution in [3.63, 3.8) is 0 Å². The van der Waals surface area contributed by atoms with Gasteiger partial charge < -0.3 is 14.7 Å². The lowest BCUT2D eigenvalue weighted by Gasteiger charge is -2.29. The molecule has 1 N–H and O–H groups in total. The predicted octanol–water partition coefficient (Wildman–Crippen LogP) is 2.07. The summed E-state index contributed by atoms with van der Waals surface area (Å²) in [5, 5.41) is 8.90. The number of aliphatic hydroxyl groups excluding tert-OH is 1. The summed E-state index contributed by atoms with van der Waals surface area (Å²) in [6.45, 7) is 2.13. The Hall–Kier alpha value is -1.20. The van der Waals surface area contributed by atoms with Crippen LogP contribution in [0.2, 0.25) is 0 Å². The van der Waals surface area contributed by atoms with E-state index in [-0.39, 0.29) is 30.0 Å². The van der Waals surface area contributed by atoms with Gasteiger partial charge in [-0.3, -0.25) is 0 Å². The topological polar surface area (TPSA) is 32.7 Å². The molecule has 18 heavy (non-hydrogen) atoms. The van der Waals surface area contributed by atoms with E-state index in [0.29, 0.717) is 6.61 Å². The van der Waals surface area contributed by atoms with Gasteiger partial charge >= 0.3 is 0 Å². The largest absolute Gasteiger partial charge is 0.392 e. The number of hydrogen-bond donors (Lipinski definition) is 1. The molecule has 1 aliphatic rings. The summed E-state index contributed by atoms with van der Waals surface area (Å²) < 4.78 is 33.2. The van der Waals surface area contributed by atoms with Crippen molar-refractivity contribution in [2.45, 2.75) is 32.1 Å². The van der Waals surface area contributed by atoms with Crippen LogP contribution in [0.1, 0.15) is 18.9 Å². The molecular weight excluding hydrogens is 240 g/mol. The molecule has 0 saturated carbocycles. The van der Waals surface area contributed by atoms with E-state index in [1.54, 1.807) is 11.9 Å².